The molecule has 0 unspecified atom stereocenters. The van der Waals surface area contributed by atoms with Gasteiger partial charge in [0.2, 0.25) is 5.91 Å². The number of anilines is 1. The summed E-state index contributed by atoms with van der Waals surface area (Å²) in [6, 6.07) is 1.82. The molecule has 124 valence electrons. The van der Waals surface area contributed by atoms with Crippen molar-refractivity contribution in [2.24, 2.45) is 11.1 Å². The summed E-state index contributed by atoms with van der Waals surface area (Å²) in [4.78, 5) is 16.6. The molecule has 0 saturated carbocycles. The van der Waals surface area contributed by atoms with E-state index in [1.54, 1.807) is 6.20 Å². The van der Waals surface area contributed by atoms with E-state index in [0.717, 1.165) is 11.1 Å². The van der Waals surface area contributed by atoms with Crippen molar-refractivity contribution in [3.05, 3.63) is 18.0 Å². The first-order valence-corrected chi connectivity index (χ1v) is 6.80. The van der Waals surface area contributed by atoms with Crippen molar-refractivity contribution >= 4 is 47.5 Å². The summed E-state index contributed by atoms with van der Waals surface area (Å²) in [5.74, 6) is -0.0692. The molecule has 0 aliphatic rings. The molecule has 2 heterocycles. The molecule has 22 heavy (non-hydrogen) atoms. The Morgan fingerprint density at radius 1 is 1.36 bits per heavy atom. The zero-order valence-electron chi connectivity index (χ0n) is 12.9. The van der Waals surface area contributed by atoms with E-state index < -0.39 is 5.41 Å². The average Bonchev–Trinajstić information content (AvgIpc) is 2.83. The van der Waals surface area contributed by atoms with Gasteiger partial charge in [-0.2, -0.15) is 0 Å². The van der Waals surface area contributed by atoms with Crippen LogP contribution >= 0.6 is 24.8 Å². The number of hydrogen-bond donors (Lipinski definition) is 2. The molecule has 0 radical (unpaired) electrons. The summed E-state index contributed by atoms with van der Waals surface area (Å²) in [5, 5.41) is 7.54. The minimum Gasteiger partial charge on any atom is -0.336 e. The normalized spacial score (nSPS) is 10.7. The van der Waals surface area contributed by atoms with E-state index in [-0.39, 0.29) is 30.7 Å². The van der Waals surface area contributed by atoms with Gasteiger partial charge in [-0.05, 0) is 25.8 Å². The summed E-state index contributed by atoms with van der Waals surface area (Å²) in [6.07, 6.45) is 2.97. The number of carbonyl (C=O) groups excluding carboxylic acids is 1. The number of aromatic nitrogens is 2. The van der Waals surface area contributed by atoms with Gasteiger partial charge in [-0.25, -0.2) is 4.98 Å². The summed E-state index contributed by atoms with van der Waals surface area (Å²) < 4.78 is 5.05. The molecule has 1 amide bonds. The van der Waals surface area contributed by atoms with Crippen LogP contribution in [0.25, 0.3) is 11.1 Å². The van der Waals surface area contributed by atoms with Crippen molar-refractivity contribution in [2.75, 3.05) is 11.9 Å². The van der Waals surface area contributed by atoms with Gasteiger partial charge in [-0.15, -0.1) is 24.8 Å². The third kappa shape index (κ3) is 3.69. The Hall–Kier alpha value is -1.37. The van der Waals surface area contributed by atoms with Crippen LogP contribution in [0, 0.1) is 12.3 Å². The number of halogens is 2. The monoisotopic (exact) mass is 348 g/mol. The Labute approximate surface area is 142 Å². The summed E-state index contributed by atoms with van der Waals surface area (Å²) >= 11 is 0. The number of nitrogens with zero attached hydrogens (tertiary/aromatic N) is 2. The average molecular weight is 349 g/mol. The smallest absolute Gasteiger partial charge is 0.258 e. The molecule has 8 heteroatoms. The standard InChI is InChI=1S/C14H20N4O2.2ClH/c1-4-14(5-2,8-15)13(19)17-10-6-11-9(3)18-20-12(11)16-7-10;;/h6-7H,4-5,8,15H2,1-3H3,(H,17,19);2*1H. The molecule has 2 aromatic heterocycles. The van der Waals surface area contributed by atoms with Crippen molar-refractivity contribution in [2.45, 2.75) is 33.6 Å². The molecular formula is C14H22Cl2N4O2. The van der Waals surface area contributed by atoms with E-state index >= 15 is 0 Å². The Balaban J connectivity index is 0.00000220. The predicted molar refractivity (Wildman–Crippen MR) is 91.7 cm³/mol. The second kappa shape index (κ2) is 8.31. The number of hydrogen-bond acceptors (Lipinski definition) is 5. The van der Waals surface area contributed by atoms with Gasteiger partial charge in [0.25, 0.3) is 5.71 Å². The van der Waals surface area contributed by atoms with E-state index in [9.17, 15) is 4.79 Å². The van der Waals surface area contributed by atoms with Crippen molar-refractivity contribution < 1.29 is 9.32 Å². The molecule has 0 aliphatic heterocycles. The maximum Gasteiger partial charge on any atom is 0.258 e. The highest BCUT2D eigenvalue weighted by Crippen LogP contribution is 2.27. The lowest BCUT2D eigenvalue weighted by atomic mass is 9.81. The highest BCUT2D eigenvalue weighted by atomic mass is 35.5. The number of pyridine rings is 1. The third-order valence-corrected chi connectivity index (χ3v) is 3.99. The first-order valence-electron chi connectivity index (χ1n) is 6.80. The molecule has 2 rings (SSSR count). The number of nitrogens with one attached hydrogen (secondary N) is 1. The molecule has 2 aromatic rings. The summed E-state index contributed by atoms with van der Waals surface area (Å²) in [7, 11) is 0. The van der Waals surface area contributed by atoms with Crippen molar-refractivity contribution in [3.8, 4) is 0 Å². The van der Waals surface area contributed by atoms with Crippen LogP contribution in [0.5, 0.6) is 0 Å². The lowest BCUT2D eigenvalue weighted by Crippen LogP contribution is -2.41. The van der Waals surface area contributed by atoms with Crippen LogP contribution in [0.1, 0.15) is 32.4 Å². The van der Waals surface area contributed by atoms with E-state index in [1.807, 2.05) is 26.8 Å². The molecule has 0 spiro atoms. The largest absolute Gasteiger partial charge is 0.336 e. The fourth-order valence-electron chi connectivity index (χ4n) is 2.23. The van der Waals surface area contributed by atoms with Crippen molar-refractivity contribution in [1.82, 2.24) is 10.1 Å². The first-order chi connectivity index (χ1) is 9.56. The number of nitrogens with two attached hydrogens (primary N) is 1. The minimum absolute atomic E-state index is 0. The zero-order chi connectivity index (χ0) is 14.8. The lowest BCUT2D eigenvalue weighted by molar-refractivity contribution is -0.125. The summed E-state index contributed by atoms with van der Waals surface area (Å²) in [6.45, 7) is 6.11. The van der Waals surface area contributed by atoms with Crippen LogP contribution in [0.4, 0.5) is 5.69 Å². The molecule has 0 fully saturated rings. The molecule has 0 aromatic carbocycles. The third-order valence-electron chi connectivity index (χ3n) is 3.99. The number of fused-ring (bicyclic) bond motifs is 1. The quantitative estimate of drug-likeness (QED) is 0.865. The van der Waals surface area contributed by atoms with Crippen LogP contribution < -0.4 is 11.1 Å². The second-order valence-electron chi connectivity index (χ2n) is 4.99. The number of amides is 1. The van der Waals surface area contributed by atoms with Gasteiger partial charge in [0.1, 0.15) is 0 Å². The van der Waals surface area contributed by atoms with Crippen molar-refractivity contribution in [1.29, 1.82) is 0 Å². The SMILES string of the molecule is CCC(CC)(CN)C(=O)Nc1cnc2onc(C)c2c1.Cl.Cl. The van der Waals surface area contributed by atoms with Gasteiger partial charge in [-0.1, -0.05) is 19.0 Å². The van der Waals surface area contributed by atoms with Gasteiger partial charge in [-0.3, -0.25) is 4.79 Å². The first kappa shape index (κ1) is 20.6. The predicted octanol–water partition coefficient (Wildman–Crippen LogP) is 3.08. The van der Waals surface area contributed by atoms with Crippen LogP contribution in [0.15, 0.2) is 16.8 Å². The van der Waals surface area contributed by atoms with Crippen molar-refractivity contribution in [3.63, 3.8) is 0 Å². The number of rotatable bonds is 5. The minimum atomic E-state index is -0.529. The van der Waals surface area contributed by atoms with Crippen LogP contribution in [-0.2, 0) is 4.79 Å². The van der Waals surface area contributed by atoms with Crippen LogP contribution in [0.3, 0.4) is 0 Å². The summed E-state index contributed by atoms with van der Waals surface area (Å²) in [5.41, 5.74) is 7.10. The second-order valence-corrected chi connectivity index (χ2v) is 4.99. The molecular weight excluding hydrogens is 327 g/mol. The van der Waals surface area contributed by atoms with E-state index in [0.29, 0.717) is 30.8 Å². The number of aryl methyl sites for hydroxylation is 1. The van der Waals surface area contributed by atoms with E-state index in [4.69, 9.17) is 10.3 Å². The Morgan fingerprint density at radius 2 is 2.00 bits per heavy atom. The zero-order valence-corrected chi connectivity index (χ0v) is 14.5. The Morgan fingerprint density at radius 3 is 2.55 bits per heavy atom. The maximum absolute atomic E-state index is 12.4. The highest BCUT2D eigenvalue weighted by Gasteiger charge is 2.33. The van der Waals surface area contributed by atoms with E-state index in [2.05, 4.69) is 15.5 Å². The Bertz CT molecular complexity index is 618. The van der Waals surface area contributed by atoms with Gasteiger partial charge in [0.15, 0.2) is 0 Å². The topological polar surface area (TPSA) is 94.0 Å². The molecule has 0 atom stereocenters. The number of carbonyl (C=O) groups is 1. The molecule has 3 N–H and O–H groups in total. The fourth-order valence-corrected chi connectivity index (χ4v) is 2.23. The lowest BCUT2D eigenvalue weighted by Gasteiger charge is -2.28. The van der Waals surface area contributed by atoms with E-state index in [1.165, 1.54) is 0 Å². The molecule has 0 bridgehead atoms. The highest BCUT2D eigenvalue weighted by molar-refractivity contribution is 5.96. The van der Waals surface area contributed by atoms with Crippen LogP contribution in [-0.4, -0.2) is 22.6 Å². The maximum atomic E-state index is 12.4. The fraction of sp³-hybridized carbons (Fsp3) is 0.500. The molecule has 6 nitrogen and oxygen atoms in total. The Kier molecular flexibility index (Phi) is 7.79. The molecule has 0 aliphatic carbocycles. The van der Waals surface area contributed by atoms with Gasteiger partial charge in [0.05, 0.1) is 28.4 Å². The van der Waals surface area contributed by atoms with Gasteiger partial charge in [0, 0.05) is 6.54 Å². The van der Waals surface area contributed by atoms with Gasteiger partial charge < -0.3 is 15.6 Å². The van der Waals surface area contributed by atoms with Crippen LogP contribution in [0.2, 0.25) is 0 Å². The van der Waals surface area contributed by atoms with Gasteiger partial charge >= 0.3 is 0 Å². The molecule has 0 saturated heterocycles.